The number of sulfone groups is 1. The van der Waals surface area contributed by atoms with Crippen molar-refractivity contribution in [1.82, 2.24) is 9.97 Å². The number of nitrogens with zero attached hydrogens (tertiary/aromatic N) is 3. The zero-order valence-electron chi connectivity index (χ0n) is 12.9. The van der Waals surface area contributed by atoms with Crippen LogP contribution in [-0.2, 0) is 9.84 Å². The summed E-state index contributed by atoms with van der Waals surface area (Å²) in [5.74, 6) is 1.77. The van der Waals surface area contributed by atoms with E-state index in [0.717, 1.165) is 30.9 Å². The first kappa shape index (κ1) is 16.0. The smallest absolute Gasteiger partial charge is 0.222 e. The molecule has 21 heavy (non-hydrogen) atoms. The van der Waals surface area contributed by atoms with Crippen LogP contribution < -0.4 is 10.6 Å². The molecule has 0 bridgehead atoms. The average Bonchev–Trinajstić information content (AvgIpc) is 2.36. The van der Waals surface area contributed by atoms with Gasteiger partial charge in [0.1, 0.15) is 15.7 Å². The highest BCUT2D eigenvalue weighted by atomic mass is 32.2. The molecule has 2 heterocycles. The number of piperidine rings is 1. The van der Waals surface area contributed by atoms with Crippen LogP contribution in [0.3, 0.4) is 0 Å². The Morgan fingerprint density at radius 1 is 1.43 bits per heavy atom. The molecule has 1 aliphatic rings. The zero-order chi connectivity index (χ0) is 15.6. The van der Waals surface area contributed by atoms with Gasteiger partial charge >= 0.3 is 0 Å². The Balaban J connectivity index is 2.17. The highest BCUT2D eigenvalue weighted by Crippen LogP contribution is 2.25. The Bertz CT molecular complexity index is 601. The van der Waals surface area contributed by atoms with Crippen molar-refractivity contribution in [3.63, 3.8) is 0 Å². The van der Waals surface area contributed by atoms with Gasteiger partial charge in [0.2, 0.25) is 5.95 Å². The minimum atomic E-state index is -2.94. The quantitative estimate of drug-likeness (QED) is 0.905. The Kier molecular flexibility index (Phi) is 4.70. The third-order valence-electron chi connectivity index (χ3n) is 3.72. The standard InChI is InChI=1S/C14H24N4O2S/c1-10(2)12-7-13(17-14(15)16-12)18-6-4-5-11(8-18)9-21(3,19)20/h7,10-11H,4-6,8-9H2,1-3H3,(H2,15,16,17). The maximum Gasteiger partial charge on any atom is 0.222 e. The van der Waals surface area contributed by atoms with Crippen LogP contribution in [0.1, 0.15) is 38.3 Å². The summed E-state index contributed by atoms with van der Waals surface area (Å²) >= 11 is 0. The van der Waals surface area contributed by atoms with E-state index >= 15 is 0 Å². The van der Waals surface area contributed by atoms with Crippen molar-refractivity contribution < 1.29 is 8.42 Å². The van der Waals surface area contributed by atoms with Crippen molar-refractivity contribution in [2.45, 2.75) is 32.6 Å². The average molecular weight is 312 g/mol. The van der Waals surface area contributed by atoms with Gasteiger partial charge in [-0.05, 0) is 24.7 Å². The van der Waals surface area contributed by atoms with Crippen molar-refractivity contribution in [3.05, 3.63) is 11.8 Å². The lowest BCUT2D eigenvalue weighted by atomic mass is 10.00. The van der Waals surface area contributed by atoms with E-state index in [1.807, 2.05) is 6.07 Å². The molecule has 0 radical (unpaired) electrons. The van der Waals surface area contributed by atoms with Gasteiger partial charge in [0.25, 0.3) is 0 Å². The molecule has 6 nitrogen and oxygen atoms in total. The minimum absolute atomic E-state index is 0.160. The fourth-order valence-corrected chi connectivity index (χ4v) is 3.89. The Morgan fingerprint density at radius 3 is 2.76 bits per heavy atom. The van der Waals surface area contributed by atoms with Crippen molar-refractivity contribution >= 4 is 21.6 Å². The van der Waals surface area contributed by atoms with Gasteiger partial charge in [0.15, 0.2) is 0 Å². The third kappa shape index (κ3) is 4.56. The van der Waals surface area contributed by atoms with Crippen LogP contribution in [0.25, 0.3) is 0 Å². The summed E-state index contributed by atoms with van der Waals surface area (Å²) in [6.45, 7) is 5.72. The van der Waals surface area contributed by atoms with Crippen LogP contribution in [0, 0.1) is 5.92 Å². The summed E-state index contributed by atoms with van der Waals surface area (Å²) < 4.78 is 23.0. The van der Waals surface area contributed by atoms with E-state index in [1.54, 1.807) is 0 Å². The van der Waals surface area contributed by atoms with Gasteiger partial charge in [-0.25, -0.2) is 13.4 Å². The molecule has 1 fully saturated rings. The number of anilines is 2. The van der Waals surface area contributed by atoms with Crippen LogP contribution in [0.2, 0.25) is 0 Å². The fraction of sp³-hybridized carbons (Fsp3) is 0.714. The first-order valence-corrected chi connectivity index (χ1v) is 9.38. The van der Waals surface area contributed by atoms with Crippen LogP contribution >= 0.6 is 0 Å². The number of hydrogen-bond donors (Lipinski definition) is 1. The van der Waals surface area contributed by atoms with Crippen LogP contribution in [0.5, 0.6) is 0 Å². The molecule has 0 amide bonds. The molecule has 0 saturated carbocycles. The van der Waals surface area contributed by atoms with E-state index in [1.165, 1.54) is 6.26 Å². The number of nitrogens with two attached hydrogens (primary N) is 1. The molecular formula is C14H24N4O2S. The zero-order valence-corrected chi connectivity index (χ0v) is 13.7. The molecule has 0 spiro atoms. The Hall–Kier alpha value is -1.37. The maximum atomic E-state index is 11.5. The molecule has 1 aliphatic heterocycles. The highest BCUT2D eigenvalue weighted by molar-refractivity contribution is 7.90. The predicted octanol–water partition coefficient (Wildman–Crippen LogP) is 1.44. The lowest BCUT2D eigenvalue weighted by Crippen LogP contribution is -2.38. The van der Waals surface area contributed by atoms with Gasteiger partial charge in [-0.1, -0.05) is 13.8 Å². The third-order valence-corrected chi connectivity index (χ3v) is 4.80. The lowest BCUT2D eigenvalue weighted by Gasteiger charge is -2.33. The second-order valence-electron chi connectivity index (χ2n) is 6.21. The van der Waals surface area contributed by atoms with Crippen LogP contribution in [0.15, 0.2) is 6.07 Å². The summed E-state index contributed by atoms with van der Waals surface area (Å²) in [6, 6.07) is 1.96. The minimum Gasteiger partial charge on any atom is -0.368 e. The molecule has 1 saturated heterocycles. The molecule has 2 rings (SSSR count). The van der Waals surface area contributed by atoms with Crippen molar-refractivity contribution in [2.75, 3.05) is 35.7 Å². The molecule has 1 aromatic rings. The largest absolute Gasteiger partial charge is 0.368 e. The van der Waals surface area contributed by atoms with E-state index in [2.05, 4.69) is 28.7 Å². The number of rotatable bonds is 4. The van der Waals surface area contributed by atoms with E-state index in [9.17, 15) is 8.42 Å². The summed E-state index contributed by atoms with van der Waals surface area (Å²) in [7, 11) is -2.94. The van der Waals surface area contributed by atoms with Gasteiger partial charge in [0, 0.05) is 25.4 Å². The number of nitrogen functional groups attached to an aromatic ring is 1. The van der Waals surface area contributed by atoms with Gasteiger partial charge in [-0.3, -0.25) is 0 Å². The second-order valence-corrected chi connectivity index (χ2v) is 8.40. The van der Waals surface area contributed by atoms with E-state index in [0.29, 0.717) is 6.54 Å². The lowest BCUT2D eigenvalue weighted by molar-refractivity contribution is 0.442. The van der Waals surface area contributed by atoms with E-state index < -0.39 is 9.84 Å². The molecule has 0 aromatic carbocycles. The van der Waals surface area contributed by atoms with Gasteiger partial charge in [0.05, 0.1) is 11.4 Å². The molecule has 0 aliphatic carbocycles. The Labute approximate surface area is 126 Å². The van der Waals surface area contributed by atoms with Crippen LogP contribution in [0.4, 0.5) is 11.8 Å². The van der Waals surface area contributed by atoms with E-state index in [-0.39, 0.29) is 23.5 Å². The summed E-state index contributed by atoms with van der Waals surface area (Å²) in [5, 5.41) is 0. The summed E-state index contributed by atoms with van der Waals surface area (Å²) in [5.41, 5.74) is 6.71. The first-order chi connectivity index (χ1) is 9.74. The SMILES string of the molecule is CC(C)c1cc(N2CCCC(CS(C)(=O)=O)C2)nc(N)n1. The normalized spacial score (nSPS) is 20.0. The molecular weight excluding hydrogens is 288 g/mol. The van der Waals surface area contributed by atoms with Crippen molar-refractivity contribution in [2.24, 2.45) is 5.92 Å². The van der Waals surface area contributed by atoms with Gasteiger partial charge in [-0.15, -0.1) is 0 Å². The summed E-state index contributed by atoms with van der Waals surface area (Å²) in [4.78, 5) is 10.7. The molecule has 7 heteroatoms. The fourth-order valence-electron chi connectivity index (χ4n) is 2.77. The monoisotopic (exact) mass is 312 g/mol. The molecule has 1 aromatic heterocycles. The van der Waals surface area contributed by atoms with Crippen molar-refractivity contribution in [3.8, 4) is 0 Å². The number of aromatic nitrogens is 2. The van der Waals surface area contributed by atoms with Gasteiger partial charge in [-0.2, -0.15) is 4.98 Å². The van der Waals surface area contributed by atoms with E-state index in [4.69, 9.17) is 5.73 Å². The molecule has 2 N–H and O–H groups in total. The van der Waals surface area contributed by atoms with Crippen LogP contribution in [-0.4, -0.2) is 43.5 Å². The molecule has 1 unspecified atom stereocenters. The Morgan fingerprint density at radius 2 is 2.14 bits per heavy atom. The van der Waals surface area contributed by atoms with Crippen molar-refractivity contribution in [1.29, 1.82) is 0 Å². The molecule has 118 valence electrons. The predicted molar refractivity (Wildman–Crippen MR) is 85.2 cm³/mol. The highest BCUT2D eigenvalue weighted by Gasteiger charge is 2.24. The maximum absolute atomic E-state index is 11.5. The molecule has 1 atom stereocenters. The first-order valence-electron chi connectivity index (χ1n) is 7.31. The number of hydrogen-bond acceptors (Lipinski definition) is 6. The topological polar surface area (TPSA) is 89.2 Å². The summed E-state index contributed by atoms with van der Waals surface area (Å²) in [6.07, 6.45) is 3.22. The van der Waals surface area contributed by atoms with Gasteiger partial charge < -0.3 is 10.6 Å². The second kappa shape index (κ2) is 6.17.